The minimum atomic E-state index is -0.263. The summed E-state index contributed by atoms with van der Waals surface area (Å²) in [6, 6.07) is 20.2. The summed E-state index contributed by atoms with van der Waals surface area (Å²) < 4.78 is 18.9. The molecule has 3 nitrogen and oxygen atoms in total. The van der Waals surface area contributed by atoms with Gasteiger partial charge in [0.1, 0.15) is 11.6 Å². The first kappa shape index (κ1) is 17.9. The van der Waals surface area contributed by atoms with Crippen LogP contribution in [0.15, 0.2) is 77.4 Å². The lowest BCUT2D eigenvalue weighted by molar-refractivity contribution is -0.129. The standard InChI is InChI=1S/C22H22FNO2/c1-17(25)24(16-18-6-3-2-4-7-18)14-13-21(22-8-5-15-26-22)19-9-11-20(23)12-10-19/h2-12,15,21H,13-14,16H2,1H3. The number of hydrogen-bond acceptors (Lipinski definition) is 2. The van der Waals surface area contributed by atoms with E-state index in [4.69, 9.17) is 4.42 Å². The van der Waals surface area contributed by atoms with Gasteiger partial charge in [-0.25, -0.2) is 4.39 Å². The average Bonchev–Trinajstić information content (AvgIpc) is 3.17. The van der Waals surface area contributed by atoms with E-state index in [9.17, 15) is 9.18 Å². The van der Waals surface area contributed by atoms with Gasteiger partial charge in [-0.15, -0.1) is 0 Å². The number of furan rings is 1. The molecule has 2 aromatic carbocycles. The van der Waals surface area contributed by atoms with Crippen molar-refractivity contribution in [2.24, 2.45) is 0 Å². The molecule has 26 heavy (non-hydrogen) atoms. The molecule has 134 valence electrons. The number of carbonyl (C=O) groups excluding carboxylic acids is 1. The molecular formula is C22H22FNO2. The number of rotatable bonds is 7. The van der Waals surface area contributed by atoms with Crippen molar-refractivity contribution in [1.29, 1.82) is 0 Å². The van der Waals surface area contributed by atoms with E-state index in [-0.39, 0.29) is 17.6 Å². The molecule has 1 aromatic heterocycles. The van der Waals surface area contributed by atoms with E-state index in [0.29, 0.717) is 19.5 Å². The summed E-state index contributed by atoms with van der Waals surface area (Å²) in [4.78, 5) is 13.9. The molecular weight excluding hydrogens is 329 g/mol. The Kier molecular flexibility index (Phi) is 5.84. The monoisotopic (exact) mass is 351 g/mol. The molecule has 0 spiro atoms. The summed E-state index contributed by atoms with van der Waals surface area (Å²) in [5.41, 5.74) is 2.07. The van der Waals surface area contributed by atoms with Gasteiger partial charge in [-0.1, -0.05) is 42.5 Å². The molecule has 0 saturated carbocycles. The highest BCUT2D eigenvalue weighted by Gasteiger charge is 2.19. The van der Waals surface area contributed by atoms with Gasteiger partial charge in [0.05, 0.1) is 6.26 Å². The lowest BCUT2D eigenvalue weighted by Gasteiger charge is -2.24. The third kappa shape index (κ3) is 4.60. The molecule has 3 aromatic rings. The van der Waals surface area contributed by atoms with Crippen LogP contribution in [0.3, 0.4) is 0 Å². The Morgan fingerprint density at radius 3 is 2.38 bits per heavy atom. The smallest absolute Gasteiger partial charge is 0.219 e. The average molecular weight is 351 g/mol. The number of carbonyl (C=O) groups is 1. The van der Waals surface area contributed by atoms with E-state index >= 15 is 0 Å². The van der Waals surface area contributed by atoms with Crippen molar-refractivity contribution in [2.75, 3.05) is 6.54 Å². The fraction of sp³-hybridized carbons (Fsp3) is 0.227. The first-order valence-electron chi connectivity index (χ1n) is 8.72. The van der Waals surface area contributed by atoms with Gasteiger partial charge in [0.2, 0.25) is 5.91 Å². The SMILES string of the molecule is CC(=O)N(CCC(c1ccc(F)cc1)c1ccco1)Cc1ccccc1. The van der Waals surface area contributed by atoms with Crippen molar-refractivity contribution in [2.45, 2.75) is 25.8 Å². The third-order valence-corrected chi connectivity index (χ3v) is 4.51. The van der Waals surface area contributed by atoms with Gasteiger partial charge in [-0.05, 0) is 41.8 Å². The summed E-state index contributed by atoms with van der Waals surface area (Å²) in [6.45, 7) is 2.75. The largest absolute Gasteiger partial charge is 0.469 e. The van der Waals surface area contributed by atoms with Gasteiger partial charge in [0.25, 0.3) is 0 Å². The highest BCUT2D eigenvalue weighted by Crippen LogP contribution is 2.29. The van der Waals surface area contributed by atoms with E-state index in [0.717, 1.165) is 16.9 Å². The maximum absolute atomic E-state index is 13.3. The molecule has 0 fully saturated rings. The molecule has 0 radical (unpaired) electrons. The molecule has 0 N–H and O–H groups in total. The van der Waals surface area contributed by atoms with Crippen LogP contribution < -0.4 is 0 Å². The number of nitrogens with zero attached hydrogens (tertiary/aromatic N) is 1. The maximum atomic E-state index is 13.3. The molecule has 0 saturated heterocycles. The Labute approximate surface area is 153 Å². The Balaban J connectivity index is 1.75. The fourth-order valence-electron chi connectivity index (χ4n) is 3.09. The molecule has 1 unspecified atom stereocenters. The van der Waals surface area contributed by atoms with Crippen LogP contribution in [0.25, 0.3) is 0 Å². The molecule has 1 heterocycles. The van der Waals surface area contributed by atoms with Crippen LogP contribution in [0, 0.1) is 5.82 Å². The Morgan fingerprint density at radius 1 is 1.04 bits per heavy atom. The molecule has 0 aliphatic carbocycles. The van der Waals surface area contributed by atoms with Crippen LogP contribution in [-0.2, 0) is 11.3 Å². The van der Waals surface area contributed by atoms with Crippen LogP contribution in [0.5, 0.6) is 0 Å². The van der Waals surface area contributed by atoms with Gasteiger partial charge in [0.15, 0.2) is 0 Å². The van der Waals surface area contributed by atoms with Crippen molar-refractivity contribution < 1.29 is 13.6 Å². The second-order valence-corrected chi connectivity index (χ2v) is 6.33. The van der Waals surface area contributed by atoms with Crippen molar-refractivity contribution in [3.8, 4) is 0 Å². The maximum Gasteiger partial charge on any atom is 0.219 e. The zero-order chi connectivity index (χ0) is 18.4. The first-order chi connectivity index (χ1) is 12.6. The highest BCUT2D eigenvalue weighted by molar-refractivity contribution is 5.73. The second-order valence-electron chi connectivity index (χ2n) is 6.33. The molecule has 3 rings (SSSR count). The minimum absolute atomic E-state index is 0.0248. The molecule has 1 atom stereocenters. The van der Waals surface area contributed by atoms with Crippen molar-refractivity contribution in [3.05, 3.63) is 95.7 Å². The minimum Gasteiger partial charge on any atom is -0.469 e. The van der Waals surface area contributed by atoms with Gasteiger partial charge < -0.3 is 9.32 Å². The van der Waals surface area contributed by atoms with E-state index in [1.807, 2.05) is 47.4 Å². The first-order valence-corrected chi connectivity index (χ1v) is 8.72. The number of amides is 1. The van der Waals surface area contributed by atoms with Gasteiger partial charge in [-0.3, -0.25) is 4.79 Å². The van der Waals surface area contributed by atoms with E-state index in [2.05, 4.69) is 0 Å². The van der Waals surface area contributed by atoms with Gasteiger partial charge in [-0.2, -0.15) is 0 Å². The van der Waals surface area contributed by atoms with Crippen molar-refractivity contribution in [1.82, 2.24) is 4.90 Å². The van der Waals surface area contributed by atoms with E-state index < -0.39 is 0 Å². The highest BCUT2D eigenvalue weighted by atomic mass is 19.1. The van der Waals surface area contributed by atoms with Crippen LogP contribution in [0.4, 0.5) is 4.39 Å². The summed E-state index contributed by atoms with van der Waals surface area (Å²) in [5.74, 6) is 0.565. The van der Waals surface area contributed by atoms with Crippen molar-refractivity contribution >= 4 is 5.91 Å². The molecule has 0 aliphatic rings. The van der Waals surface area contributed by atoms with Crippen LogP contribution in [0.1, 0.15) is 36.1 Å². The number of halogens is 1. The zero-order valence-corrected chi connectivity index (χ0v) is 14.8. The predicted octanol–water partition coefficient (Wildman–Crippen LogP) is 4.99. The summed E-state index contributed by atoms with van der Waals surface area (Å²) in [5, 5.41) is 0. The number of hydrogen-bond donors (Lipinski definition) is 0. The molecule has 4 heteroatoms. The fourth-order valence-corrected chi connectivity index (χ4v) is 3.09. The third-order valence-electron chi connectivity index (χ3n) is 4.51. The summed E-state index contributed by atoms with van der Waals surface area (Å²) in [6.07, 6.45) is 2.34. The summed E-state index contributed by atoms with van der Waals surface area (Å²) in [7, 11) is 0. The molecule has 0 bridgehead atoms. The Bertz CT molecular complexity index is 813. The van der Waals surface area contributed by atoms with Crippen LogP contribution in [0.2, 0.25) is 0 Å². The lowest BCUT2D eigenvalue weighted by Crippen LogP contribution is -2.30. The van der Waals surface area contributed by atoms with Crippen molar-refractivity contribution in [3.63, 3.8) is 0 Å². The van der Waals surface area contributed by atoms with Gasteiger partial charge in [0, 0.05) is 25.9 Å². The topological polar surface area (TPSA) is 33.5 Å². The van der Waals surface area contributed by atoms with E-state index in [1.165, 1.54) is 12.1 Å². The van der Waals surface area contributed by atoms with Gasteiger partial charge >= 0.3 is 0 Å². The quantitative estimate of drug-likeness (QED) is 0.601. The number of benzene rings is 2. The molecule has 1 amide bonds. The second kappa shape index (κ2) is 8.48. The molecule has 0 aliphatic heterocycles. The van der Waals surface area contributed by atoms with Crippen LogP contribution >= 0.6 is 0 Å². The Hall–Kier alpha value is -2.88. The summed E-state index contributed by atoms with van der Waals surface area (Å²) >= 11 is 0. The normalized spacial score (nSPS) is 11.9. The van der Waals surface area contributed by atoms with E-state index in [1.54, 1.807) is 25.3 Å². The Morgan fingerprint density at radius 2 is 1.77 bits per heavy atom. The zero-order valence-electron chi connectivity index (χ0n) is 14.8. The lowest BCUT2D eigenvalue weighted by atomic mass is 9.93. The van der Waals surface area contributed by atoms with Crippen LogP contribution in [-0.4, -0.2) is 17.4 Å². The predicted molar refractivity (Wildman–Crippen MR) is 99.1 cm³/mol.